The highest BCUT2D eigenvalue weighted by molar-refractivity contribution is 5.95. The number of aryl methyl sites for hydroxylation is 1. The van der Waals surface area contributed by atoms with Crippen LogP contribution in [0.15, 0.2) is 12.1 Å². The zero-order chi connectivity index (χ0) is 12.4. The lowest BCUT2D eigenvalue weighted by molar-refractivity contribution is -0.118. The minimum Gasteiger partial charge on any atom is -0.454 e. The van der Waals surface area contributed by atoms with E-state index in [2.05, 4.69) is 5.32 Å². The molecule has 0 spiro atoms. The lowest BCUT2D eigenvalue weighted by atomic mass is 10.1. The number of nitrogens with one attached hydrogen (secondary N) is 1. The van der Waals surface area contributed by atoms with Crippen LogP contribution < -0.4 is 20.5 Å². The molecule has 17 heavy (non-hydrogen) atoms. The Kier molecular flexibility index (Phi) is 3.16. The van der Waals surface area contributed by atoms with Gasteiger partial charge in [0.15, 0.2) is 11.5 Å². The van der Waals surface area contributed by atoms with Crippen LogP contribution in [0.2, 0.25) is 0 Å². The monoisotopic (exact) mass is 238 g/mol. The van der Waals surface area contributed by atoms with Crippen LogP contribution in [0.5, 0.6) is 11.5 Å². The van der Waals surface area contributed by atoms with E-state index in [9.17, 15) is 4.79 Å². The van der Waals surface area contributed by atoms with E-state index in [0.717, 1.165) is 5.56 Å². The van der Waals surface area contributed by atoms with Crippen LogP contribution in [-0.2, 0) is 4.79 Å². The van der Waals surface area contributed by atoms with Crippen LogP contribution in [0.4, 0.5) is 5.69 Å². The van der Waals surface area contributed by atoms with Crippen molar-refractivity contribution in [1.29, 1.82) is 0 Å². The van der Waals surface area contributed by atoms with Crippen LogP contribution in [0.3, 0.4) is 0 Å². The number of ether oxygens (including phenoxy) is 2. The summed E-state index contributed by atoms with van der Waals surface area (Å²) in [6, 6.07) is 2.53. The molecule has 1 amide bonds. The number of nitrogens with two attached hydrogens (primary N) is 1. The lowest BCUT2D eigenvalue weighted by Crippen LogP contribution is -2.38. The fraction of sp³-hybridized carbons (Fsp3) is 0.364. The average Bonchev–Trinajstić information content (AvgIpc) is 2.75. The standard InChI is InChI=1S/C11H14N2O4/c1-6-2-9-10(17-5-16-9)3-8(6)13-11(15)7(12)4-14/h2-3,7,14H,4-5,12H2,1H3,(H,13,15). The molecule has 1 atom stereocenters. The minimum atomic E-state index is -0.931. The molecule has 0 aliphatic carbocycles. The number of fused-ring (bicyclic) bond motifs is 1. The van der Waals surface area contributed by atoms with Crippen LogP contribution >= 0.6 is 0 Å². The van der Waals surface area contributed by atoms with Crippen LogP contribution in [0.1, 0.15) is 5.56 Å². The van der Waals surface area contributed by atoms with Gasteiger partial charge in [-0.3, -0.25) is 4.79 Å². The van der Waals surface area contributed by atoms with Gasteiger partial charge in [-0.2, -0.15) is 0 Å². The Balaban J connectivity index is 2.19. The normalized spacial score (nSPS) is 14.5. The SMILES string of the molecule is Cc1cc2c(cc1NC(=O)C(N)CO)OCO2. The van der Waals surface area contributed by atoms with E-state index in [1.165, 1.54) is 0 Å². The first-order chi connectivity index (χ1) is 8.11. The second-order valence-corrected chi connectivity index (χ2v) is 3.80. The van der Waals surface area contributed by atoms with E-state index in [4.69, 9.17) is 20.3 Å². The number of hydrogen-bond donors (Lipinski definition) is 3. The number of aliphatic hydroxyl groups excluding tert-OH is 1. The number of amides is 1. The van der Waals surface area contributed by atoms with Crippen molar-refractivity contribution in [3.05, 3.63) is 17.7 Å². The minimum absolute atomic E-state index is 0.183. The summed E-state index contributed by atoms with van der Waals surface area (Å²) in [4.78, 5) is 11.5. The summed E-state index contributed by atoms with van der Waals surface area (Å²) in [6.07, 6.45) is 0. The largest absolute Gasteiger partial charge is 0.454 e. The summed E-state index contributed by atoms with van der Waals surface area (Å²) in [5.41, 5.74) is 6.85. The summed E-state index contributed by atoms with van der Waals surface area (Å²) in [5.74, 6) is 0.810. The molecule has 6 heteroatoms. The van der Waals surface area contributed by atoms with Crippen molar-refractivity contribution in [2.45, 2.75) is 13.0 Å². The second-order valence-electron chi connectivity index (χ2n) is 3.80. The fourth-order valence-electron chi connectivity index (χ4n) is 1.49. The first-order valence-corrected chi connectivity index (χ1v) is 5.19. The zero-order valence-electron chi connectivity index (χ0n) is 9.40. The Morgan fingerprint density at radius 3 is 2.82 bits per heavy atom. The van der Waals surface area contributed by atoms with Gasteiger partial charge in [-0.25, -0.2) is 0 Å². The molecule has 4 N–H and O–H groups in total. The number of benzene rings is 1. The molecule has 1 aliphatic heterocycles. The predicted octanol–water partition coefficient (Wildman–Crippen LogP) is -0.0182. The van der Waals surface area contributed by atoms with Gasteiger partial charge in [-0.1, -0.05) is 0 Å². The summed E-state index contributed by atoms with van der Waals surface area (Å²) >= 11 is 0. The molecule has 0 bridgehead atoms. The van der Waals surface area contributed by atoms with Gasteiger partial charge in [0.2, 0.25) is 12.7 Å². The molecule has 0 fully saturated rings. The molecule has 1 aromatic rings. The third-order valence-corrected chi connectivity index (χ3v) is 2.51. The lowest BCUT2D eigenvalue weighted by Gasteiger charge is -2.12. The Morgan fingerprint density at radius 2 is 2.18 bits per heavy atom. The summed E-state index contributed by atoms with van der Waals surface area (Å²) < 4.78 is 10.4. The number of carbonyl (C=O) groups is 1. The summed E-state index contributed by atoms with van der Waals surface area (Å²) in [5, 5.41) is 11.4. The van der Waals surface area contributed by atoms with Gasteiger partial charge in [-0.05, 0) is 18.6 Å². The first kappa shape index (κ1) is 11.7. The molecule has 92 valence electrons. The average molecular weight is 238 g/mol. The highest BCUT2D eigenvalue weighted by Gasteiger charge is 2.18. The molecule has 2 rings (SSSR count). The van der Waals surface area contributed by atoms with Crippen LogP contribution in [0.25, 0.3) is 0 Å². The molecule has 0 aromatic heterocycles. The molecule has 1 unspecified atom stereocenters. The highest BCUT2D eigenvalue weighted by atomic mass is 16.7. The van der Waals surface area contributed by atoms with Crippen molar-refractivity contribution in [2.75, 3.05) is 18.7 Å². The van der Waals surface area contributed by atoms with Gasteiger partial charge in [0.05, 0.1) is 6.61 Å². The van der Waals surface area contributed by atoms with E-state index in [-0.39, 0.29) is 6.79 Å². The van der Waals surface area contributed by atoms with Crippen molar-refractivity contribution in [3.8, 4) is 11.5 Å². The van der Waals surface area contributed by atoms with E-state index < -0.39 is 18.6 Å². The smallest absolute Gasteiger partial charge is 0.243 e. The van der Waals surface area contributed by atoms with Gasteiger partial charge >= 0.3 is 0 Å². The Labute approximate surface area is 98.3 Å². The van der Waals surface area contributed by atoms with Gasteiger partial charge in [0.25, 0.3) is 0 Å². The van der Waals surface area contributed by atoms with E-state index >= 15 is 0 Å². The molecule has 1 aliphatic rings. The third-order valence-electron chi connectivity index (χ3n) is 2.51. The van der Waals surface area contributed by atoms with E-state index in [1.807, 2.05) is 6.92 Å². The first-order valence-electron chi connectivity index (χ1n) is 5.19. The van der Waals surface area contributed by atoms with Crippen molar-refractivity contribution in [2.24, 2.45) is 5.73 Å². The molecule has 0 radical (unpaired) electrons. The quantitative estimate of drug-likeness (QED) is 0.688. The molecular weight excluding hydrogens is 224 g/mol. The maximum Gasteiger partial charge on any atom is 0.243 e. The Hall–Kier alpha value is -1.79. The Morgan fingerprint density at radius 1 is 1.53 bits per heavy atom. The maximum absolute atomic E-state index is 11.5. The van der Waals surface area contributed by atoms with Crippen molar-refractivity contribution in [3.63, 3.8) is 0 Å². The van der Waals surface area contributed by atoms with Crippen LogP contribution in [-0.4, -0.2) is 30.5 Å². The number of hydrogen-bond acceptors (Lipinski definition) is 5. The van der Waals surface area contributed by atoms with E-state index in [0.29, 0.717) is 17.2 Å². The number of rotatable bonds is 3. The van der Waals surface area contributed by atoms with Crippen molar-refractivity contribution < 1.29 is 19.4 Å². The zero-order valence-corrected chi connectivity index (χ0v) is 9.40. The van der Waals surface area contributed by atoms with E-state index in [1.54, 1.807) is 12.1 Å². The van der Waals surface area contributed by atoms with Gasteiger partial charge in [-0.15, -0.1) is 0 Å². The summed E-state index contributed by atoms with van der Waals surface area (Å²) in [6.45, 7) is 1.62. The topological polar surface area (TPSA) is 93.8 Å². The van der Waals surface area contributed by atoms with Crippen molar-refractivity contribution >= 4 is 11.6 Å². The molecule has 0 saturated carbocycles. The highest BCUT2D eigenvalue weighted by Crippen LogP contribution is 2.36. The van der Waals surface area contributed by atoms with Gasteiger partial charge in [0.1, 0.15) is 6.04 Å². The number of carbonyl (C=O) groups excluding carboxylic acids is 1. The molecule has 1 aromatic carbocycles. The number of anilines is 1. The van der Waals surface area contributed by atoms with Crippen molar-refractivity contribution in [1.82, 2.24) is 0 Å². The molecule has 1 heterocycles. The van der Waals surface area contributed by atoms with Gasteiger partial charge < -0.3 is 25.6 Å². The maximum atomic E-state index is 11.5. The molecular formula is C11H14N2O4. The molecule has 0 saturated heterocycles. The predicted molar refractivity (Wildman–Crippen MR) is 61.0 cm³/mol. The van der Waals surface area contributed by atoms with Crippen LogP contribution in [0, 0.1) is 6.92 Å². The number of aliphatic hydroxyl groups is 1. The van der Waals surface area contributed by atoms with Gasteiger partial charge in [0, 0.05) is 11.8 Å². The molecule has 6 nitrogen and oxygen atoms in total. The second kappa shape index (κ2) is 4.60. The summed E-state index contributed by atoms with van der Waals surface area (Å²) in [7, 11) is 0. The fourth-order valence-corrected chi connectivity index (χ4v) is 1.49. The third kappa shape index (κ3) is 2.32. The Bertz CT molecular complexity index is 447.